The molecule has 1 N–H and O–H groups in total. The van der Waals surface area contributed by atoms with Crippen molar-refractivity contribution in [3.8, 4) is 11.5 Å². The fourth-order valence-corrected chi connectivity index (χ4v) is 1.88. The topological polar surface area (TPSA) is 47.6 Å². The molecule has 0 saturated carbocycles. The first-order valence-electron chi connectivity index (χ1n) is 6.59. The molecule has 4 nitrogen and oxygen atoms in total. The Bertz CT molecular complexity index is 698. The van der Waals surface area contributed by atoms with Crippen LogP contribution in [0.2, 0.25) is 0 Å². The molecule has 0 heterocycles. The van der Waals surface area contributed by atoms with Crippen molar-refractivity contribution in [3.05, 3.63) is 66.1 Å². The van der Waals surface area contributed by atoms with Gasteiger partial charge in [-0.2, -0.15) is 0 Å². The second-order valence-corrected chi connectivity index (χ2v) is 4.42. The van der Waals surface area contributed by atoms with E-state index in [-0.39, 0.29) is 11.6 Å². The highest BCUT2D eigenvalue weighted by Crippen LogP contribution is 2.27. The Morgan fingerprint density at radius 1 is 1.09 bits per heavy atom. The lowest BCUT2D eigenvalue weighted by Crippen LogP contribution is -1.98. The molecule has 0 aromatic heterocycles. The fraction of sp³-hybridized carbons (Fsp3) is 0.118. The van der Waals surface area contributed by atoms with Gasteiger partial charge < -0.3 is 14.8 Å². The van der Waals surface area contributed by atoms with Crippen molar-refractivity contribution < 1.29 is 18.7 Å². The van der Waals surface area contributed by atoms with Crippen molar-refractivity contribution in [3.63, 3.8) is 0 Å². The molecule has 0 fully saturated rings. The monoisotopic (exact) mass is 301 g/mol. The first kappa shape index (κ1) is 15.6. The summed E-state index contributed by atoms with van der Waals surface area (Å²) >= 11 is 0. The highest BCUT2D eigenvalue weighted by molar-refractivity contribution is 6.05. The number of carbonyl (C=O) groups excluding carboxylic acids is 1. The van der Waals surface area contributed by atoms with E-state index in [9.17, 15) is 9.18 Å². The van der Waals surface area contributed by atoms with E-state index < -0.39 is 0 Å². The number of benzene rings is 2. The summed E-state index contributed by atoms with van der Waals surface area (Å²) in [4.78, 5) is 12.1. The van der Waals surface area contributed by atoms with Crippen LogP contribution in [0.3, 0.4) is 0 Å². The van der Waals surface area contributed by atoms with Gasteiger partial charge in [-0.25, -0.2) is 4.39 Å². The smallest absolute Gasteiger partial charge is 0.187 e. The summed E-state index contributed by atoms with van der Waals surface area (Å²) < 4.78 is 23.3. The minimum absolute atomic E-state index is 0.204. The second-order valence-electron chi connectivity index (χ2n) is 4.42. The van der Waals surface area contributed by atoms with Gasteiger partial charge in [0.05, 0.1) is 14.2 Å². The van der Waals surface area contributed by atoms with Crippen LogP contribution < -0.4 is 14.8 Å². The van der Waals surface area contributed by atoms with Crippen molar-refractivity contribution >= 4 is 11.5 Å². The van der Waals surface area contributed by atoms with Crippen molar-refractivity contribution in [1.82, 2.24) is 0 Å². The number of nitrogens with one attached hydrogen (secondary N) is 1. The molecule has 0 amide bonds. The first-order valence-corrected chi connectivity index (χ1v) is 6.59. The third-order valence-electron chi connectivity index (χ3n) is 2.98. The minimum Gasteiger partial charge on any atom is -0.493 e. The molecule has 0 aliphatic heterocycles. The summed E-state index contributed by atoms with van der Waals surface area (Å²) in [6.45, 7) is 0. The van der Waals surface area contributed by atoms with Gasteiger partial charge in [0.25, 0.3) is 0 Å². The zero-order valence-electron chi connectivity index (χ0n) is 12.3. The molecule has 0 aliphatic carbocycles. The molecule has 22 heavy (non-hydrogen) atoms. The highest BCUT2D eigenvalue weighted by Gasteiger charge is 2.08. The molecular weight excluding hydrogens is 285 g/mol. The molecule has 0 radical (unpaired) electrons. The summed E-state index contributed by atoms with van der Waals surface area (Å²) in [7, 11) is 3.04. The van der Waals surface area contributed by atoms with E-state index in [1.54, 1.807) is 30.3 Å². The zero-order valence-corrected chi connectivity index (χ0v) is 12.3. The van der Waals surface area contributed by atoms with Gasteiger partial charge in [-0.05, 0) is 36.4 Å². The molecule has 114 valence electrons. The second kappa shape index (κ2) is 7.26. The van der Waals surface area contributed by atoms with Crippen LogP contribution in [0.4, 0.5) is 10.1 Å². The molecule has 0 unspecified atom stereocenters. The van der Waals surface area contributed by atoms with E-state index >= 15 is 0 Å². The lowest BCUT2D eigenvalue weighted by atomic mass is 10.1. The summed E-state index contributed by atoms with van der Waals surface area (Å²) in [5, 5.41) is 2.84. The maximum atomic E-state index is 13.0. The summed E-state index contributed by atoms with van der Waals surface area (Å²) in [5.74, 6) is 0.496. The molecule has 0 atom stereocenters. The molecule has 0 aliphatic rings. The van der Waals surface area contributed by atoms with Gasteiger partial charge in [-0.15, -0.1) is 0 Å². The SMILES string of the molecule is COc1ccc(C(=O)/C=C\Nc2cccc(F)c2)cc1OC. The lowest BCUT2D eigenvalue weighted by Gasteiger charge is -2.08. The van der Waals surface area contributed by atoms with Gasteiger partial charge in [-0.1, -0.05) is 6.07 Å². The number of hydrogen-bond acceptors (Lipinski definition) is 4. The number of rotatable bonds is 6. The Labute approximate surface area is 128 Å². The fourth-order valence-electron chi connectivity index (χ4n) is 1.88. The average Bonchev–Trinajstić information content (AvgIpc) is 2.54. The van der Waals surface area contributed by atoms with E-state index in [0.29, 0.717) is 22.7 Å². The van der Waals surface area contributed by atoms with Crippen molar-refractivity contribution in [1.29, 1.82) is 0 Å². The number of anilines is 1. The van der Waals surface area contributed by atoms with E-state index in [4.69, 9.17) is 9.47 Å². The molecular formula is C17H16FNO3. The van der Waals surface area contributed by atoms with Crippen LogP contribution in [0.5, 0.6) is 11.5 Å². The maximum Gasteiger partial charge on any atom is 0.187 e. The van der Waals surface area contributed by atoms with Crippen molar-refractivity contribution in [2.24, 2.45) is 0 Å². The molecule has 2 aromatic carbocycles. The van der Waals surface area contributed by atoms with Gasteiger partial charge >= 0.3 is 0 Å². The van der Waals surface area contributed by atoms with Crippen molar-refractivity contribution in [2.45, 2.75) is 0 Å². The first-order chi connectivity index (χ1) is 10.6. The Kier molecular flexibility index (Phi) is 5.14. The van der Waals surface area contributed by atoms with E-state index in [2.05, 4.69) is 5.32 Å². The van der Waals surface area contributed by atoms with Gasteiger partial charge in [0.15, 0.2) is 17.3 Å². The van der Waals surface area contributed by atoms with Gasteiger partial charge in [0.1, 0.15) is 5.82 Å². The minimum atomic E-state index is -0.343. The Balaban J connectivity index is 2.07. The number of allylic oxidation sites excluding steroid dienone is 1. The predicted molar refractivity (Wildman–Crippen MR) is 83.0 cm³/mol. The number of ether oxygens (including phenoxy) is 2. The molecule has 2 rings (SSSR count). The van der Waals surface area contributed by atoms with Gasteiger partial charge in [0, 0.05) is 23.5 Å². The Morgan fingerprint density at radius 3 is 2.55 bits per heavy atom. The molecule has 0 saturated heterocycles. The van der Waals surface area contributed by atoms with Crippen molar-refractivity contribution in [2.75, 3.05) is 19.5 Å². The van der Waals surface area contributed by atoms with Gasteiger partial charge in [-0.3, -0.25) is 4.79 Å². The average molecular weight is 301 g/mol. The largest absolute Gasteiger partial charge is 0.493 e. The Morgan fingerprint density at radius 2 is 1.86 bits per heavy atom. The standard InChI is InChI=1S/C17H16FNO3/c1-21-16-7-6-12(10-17(16)22-2)15(20)8-9-19-14-5-3-4-13(18)11-14/h3-11,19H,1-2H3/b9-8-. The highest BCUT2D eigenvalue weighted by atomic mass is 19.1. The van der Waals surface area contributed by atoms with Crippen LogP contribution in [0, 0.1) is 5.82 Å². The van der Waals surface area contributed by atoms with Crippen LogP contribution in [-0.2, 0) is 0 Å². The number of carbonyl (C=O) groups is 1. The summed E-state index contributed by atoms with van der Waals surface area (Å²) in [6, 6.07) is 10.9. The van der Waals surface area contributed by atoms with Crippen LogP contribution in [0.1, 0.15) is 10.4 Å². The van der Waals surface area contributed by atoms with Crippen LogP contribution >= 0.6 is 0 Å². The lowest BCUT2D eigenvalue weighted by molar-refractivity contribution is 0.104. The summed E-state index contributed by atoms with van der Waals surface area (Å²) in [5.41, 5.74) is 1.03. The zero-order chi connectivity index (χ0) is 15.9. The Hall–Kier alpha value is -2.82. The van der Waals surface area contributed by atoms with E-state index in [1.165, 1.54) is 38.6 Å². The number of ketones is 1. The van der Waals surface area contributed by atoms with Crippen LogP contribution in [0.25, 0.3) is 0 Å². The third-order valence-corrected chi connectivity index (χ3v) is 2.98. The molecule has 2 aromatic rings. The summed E-state index contributed by atoms with van der Waals surface area (Å²) in [6.07, 6.45) is 2.83. The van der Waals surface area contributed by atoms with Gasteiger partial charge in [0.2, 0.25) is 0 Å². The number of halogens is 1. The van der Waals surface area contributed by atoms with Crippen LogP contribution in [-0.4, -0.2) is 20.0 Å². The molecule has 0 spiro atoms. The van der Waals surface area contributed by atoms with E-state index in [1.807, 2.05) is 0 Å². The maximum absolute atomic E-state index is 13.0. The predicted octanol–water partition coefficient (Wildman–Crippen LogP) is 3.65. The number of methoxy groups -OCH3 is 2. The molecule has 5 heteroatoms. The quantitative estimate of drug-likeness (QED) is 0.653. The third kappa shape index (κ3) is 3.85. The van der Waals surface area contributed by atoms with E-state index in [0.717, 1.165) is 0 Å². The normalized spacial score (nSPS) is 10.5. The van der Waals surface area contributed by atoms with Crippen LogP contribution in [0.15, 0.2) is 54.7 Å². The molecule has 0 bridgehead atoms. The number of hydrogen-bond donors (Lipinski definition) is 1.